The first-order valence-electron chi connectivity index (χ1n) is 6.85. The van der Waals surface area contributed by atoms with Crippen LogP contribution in [0.15, 0.2) is 60.7 Å². The molecule has 0 radical (unpaired) electrons. The third-order valence-corrected chi connectivity index (χ3v) is 3.10. The van der Waals surface area contributed by atoms with Gasteiger partial charge in [0, 0.05) is 0 Å². The van der Waals surface area contributed by atoms with Gasteiger partial charge in [0.25, 0.3) is 0 Å². The maximum atomic E-state index is 12.7. The van der Waals surface area contributed by atoms with Gasteiger partial charge in [0.1, 0.15) is 0 Å². The Morgan fingerprint density at radius 3 is 1.50 bits per heavy atom. The molecule has 0 heterocycles. The molecule has 0 aliphatic rings. The lowest BCUT2D eigenvalue weighted by Gasteiger charge is -2.12. The highest BCUT2D eigenvalue weighted by Crippen LogP contribution is 2.36. The van der Waals surface area contributed by atoms with E-state index in [1.165, 1.54) is 12.2 Å². The van der Waals surface area contributed by atoms with Crippen LogP contribution in [-0.2, 0) is 12.4 Å². The molecule has 126 valence electrons. The van der Waals surface area contributed by atoms with E-state index in [4.69, 9.17) is 0 Å². The summed E-state index contributed by atoms with van der Waals surface area (Å²) in [5, 5.41) is 0. The van der Waals surface area contributed by atoms with Gasteiger partial charge in [-0.1, -0.05) is 54.6 Å². The standard InChI is InChI=1S/C18H12F6/c19-17(20,21)15-10-14(11-16(12-15)18(22,23)24)9-5-4-8-13-6-2-1-3-7-13/h1-12H. The van der Waals surface area contributed by atoms with Crippen LogP contribution in [0.3, 0.4) is 0 Å². The fourth-order valence-electron chi connectivity index (χ4n) is 1.97. The number of hydrogen-bond donors (Lipinski definition) is 0. The molecule has 2 aromatic rings. The molecular weight excluding hydrogens is 330 g/mol. The van der Waals surface area contributed by atoms with E-state index in [-0.39, 0.29) is 11.6 Å². The minimum Gasteiger partial charge on any atom is -0.166 e. The molecule has 24 heavy (non-hydrogen) atoms. The van der Waals surface area contributed by atoms with E-state index in [0.717, 1.165) is 5.56 Å². The molecule has 0 aliphatic carbocycles. The second-order valence-corrected chi connectivity index (χ2v) is 4.97. The van der Waals surface area contributed by atoms with E-state index in [0.29, 0.717) is 12.1 Å². The molecule has 0 fully saturated rings. The summed E-state index contributed by atoms with van der Waals surface area (Å²) >= 11 is 0. The molecule has 0 atom stereocenters. The molecule has 2 rings (SSSR count). The van der Waals surface area contributed by atoms with Crippen LogP contribution in [0, 0.1) is 0 Å². The van der Waals surface area contributed by atoms with Crippen LogP contribution in [0.1, 0.15) is 22.3 Å². The van der Waals surface area contributed by atoms with Crippen LogP contribution >= 0.6 is 0 Å². The number of halogens is 6. The van der Waals surface area contributed by atoms with E-state index in [9.17, 15) is 26.3 Å². The van der Waals surface area contributed by atoms with Gasteiger partial charge in [0.05, 0.1) is 11.1 Å². The fraction of sp³-hybridized carbons (Fsp3) is 0.111. The first-order valence-corrected chi connectivity index (χ1v) is 6.85. The van der Waals surface area contributed by atoms with Crippen molar-refractivity contribution in [3.05, 3.63) is 82.9 Å². The highest BCUT2D eigenvalue weighted by Gasteiger charge is 2.36. The first kappa shape index (κ1) is 17.8. The molecule has 0 saturated carbocycles. The van der Waals surface area contributed by atoms with E-state index >= 15 is 0 Å². The zero-order chi connectivity index (χ0) is 17.8. The molecule has 0 N–H and O–H groups in total. The highest BCUT2D eigenvalue weighted by atomic mass is 19.4. The van der Waals surface area contributed by atoms with Gasteiger partial charge >= 0.3 is 12.4 Å². The molecule has 6 heteroatoms. The molecule has 0 aromatic heterocycles. The molecule has 0 nitrogen and oxygen atoms in total. The predicted molar refractivity (Wildman–Crippen MR) is 81.0 cm³/mol. The lowest BCUT2D eigenvalue weighted by Crippen LogP contribution is -2.11. The number of benzene rings is 2. The van der Waals surface area contributed by atoms with E-state index < -0.39 is 23.5 Å². The summed E-state index contributed by atoms with van der Waals surface area (Å²) in [4.78, 5) is 0. The van der Waals surface area contributed by atoms with E-state index in [1.807, 2.05) is 30.3 Å². The summed E-state index contributed by atoms with van der Waals surface area (Å²) in [5.41, 5.74) is -1.97. The van der Waals surface area contributed by atoms with Gasteiger partial charge in [0.15, 0.2) is 0 Å². The summed E-state index contributed by atoms with van der Waals surface area (Å²) in [6, 6.07) is 10.6. The maximum absolute atomic E-state index is 12.7. The smallest absolute Gasteiger partial charge is 0.166 e. The van der Waals surface area contributed by atoms with Crippen molar-refractivity contribution in [1.29, 1.82) is 0 Å². The predicted octanol–water partition coefficient (Wildman–Crippen LogP) is 6.45. The summed E-state index contributed by atoms with van der Waals surface area (Å²) in [5.74, 6) is 0. The van der Waals surface area contributed by atoms with Crippen molar-refractivity contribution in [3.8, 4) is 0 Å². The fourth-order valence-corrected chi connectivity index (χ4v) is 1.97. The van der Waals surface area contributed by atoms with Crippen molar-refractivity contribution in [2.24, 2.45) is 0 Å². The van der Waals surface area contributed by atoms with Gasteiger partial charge in [-0.2, -0.15) is 26.3 Å². The molecule has 0 saturated heterocycles. The summed E-state index contributed by atoms with van der Waals surface area (Å²) in [6.45, 7) is 0. The van der Waals surface area contributed by atoms with Gasteiger partial charge < -0.3 is 0 Å². The van der Waals surface area contributed by atoms with Crippen LogP contribution in [0.25, 0.3) is 12.2 Å². The zero-order valence-corrected chi connectivity index (χ0v) is 12.2. The van der Waals surface area contributed by atoms with Gasteiger partial charge in [-0.3, -0.25) is 0 Å². The molecule has 0 bridgehead atoms. The van der Waals surface area contributed by atoms with Crippen LogP contribution in [0.5, 0.6) is 0 Å². The van der Waals surface area contributed by atoms with Crippen molar-refractivity contribution >= 4 is 12.2 Å². The van der Waals surface area contributed by atoms with Crippen LogP contribution in [-0.4, -0.2) is 0 Å². The Bertz CT molecular complexity index is 704. The Balaban J connectivity index is 2.29. The minimum absolute atomic E-state index is 0.108. The average molecular weight is 342 g/mol. The van der Waals surface area contributed by atoms with Crippen LogP contribution in [0.2, 0.25) is 0 Å². The third-order valence-electron chi connectivity index (χ3n) is 3.10. The van der Waals surface area contributed by atoms with E-state index in [2.05, 4.69) is 0 Å². The van der Waals surface area contributed by atoms with Gasteiger partial charge in [-0.25, -0.2) is 0 Å². The summed E-state index contributed by atoms with van der Waals surface area (Å²) in [7, 11) is 0. The molecular formula is C18H12F6. The third kappa shape index (κ3) is 5.01. The maximum Gasteiger partial charge on any atom is 0.416 e. The first-order chi connectivity index (χ1) is 11.2. The minimum atomic E-state index is -4.84. The van der Waals surface area contributed by atoms with Gasteiger partial charge in [-0.15, -0.1) is 0 Å². The van der Waals surface area contributed by atoms with Crippen molar-refractivity contribution < 1.29 is 26.3 Å². The monoisotopic (exact) mass is 342 g/mol. The normalized spacial score (nSPS) is 13.1. The lowest BCUT2D eigenvalue weighted by atomic mass is 10.0. The lowest BCUT2D eigenvalue weighted by molar-refractivity contribution is -0.143. The Morgan fingerprint density at radius 1 is 0.583 bits per heavy atom. The van der Waals surface area contributed by atoms with Crippen molar-refractivity contribution in [3.63, 3.8) is 0 Å². The highest BCUT2D eigenvalue weighted by molar-refractivity contribution is 5.58. The number of rotatable bonds is 3. The Kier molecular flexibility index (Phi) is 5.17. The van der Waals surface area contributed by atoms with Gasteiger partial charge in [0.2, 0.25) is 0 Å². The average Bonchev–Trinajstić information content (AvgIpc) is 2.51. The molecule has 0 aliphatic heterocycles. The van der Waals surface area contributed by atoms with Crippen LogP contribution in [0.4, 0.5) is 26.3 Å². The number of allylic oxidation sites excluding steroid dienone is 2. The quantitative estimate of drug-likeness (QED) is 0.444. The van der Waals surface area contributed by atoms with Gasteiger partial charge in [-0.05, 0) is 29.3 Å². The number of hydrogen-bond acceptors (Lipinski definition) is 0. The van der Waals surface area contributed by atoms with Crippen molar-refractivity contribution in [2.75, 3.05) is 0 Å². The van der Waals surface area contributed by atoms with Crippen molar-refractivity contribution in [2.45, 2.75) is 12.4 Å². The number of alkyl halides is 6. The second kappa shape index (κ2) is 6.95. The molecule has 0 unspecified atom stereocenters. The molecule has 2 aromatic carbocycles. The Morgan fingerprint density at radius 2 is 1.04 bits per heavy atom. The Labute approximate surface area is 134 Å². The topological polar surface area (TPSA) is 0 Å². The molecule has 0 amide bonds. The second-order valence-electron chi connectivity index (χ2n) is 4.97. The largest absolute Gasteiger partial charge is 0.416 e. The van der Waals surface area contributed by atoms with Crippen molar-refractivity contribution in [1.82, 2.24) is 0 Å². The SMILES string of the molecule is FC(F)(F)c1cc(C=CC=Cc2ccccc2)cc(C(F)(F)F)c1. The summed E-state index contributed by atoms with van der Waals surface area (Å²) in [6.07, 6.45) is -3.86. The molecule has 0 spiro atoms. The zero-order valence-electron chi connectivity index (χ0n) is 12.2. The van der Waals surface area contributed by atoms with Crippen LogP contribution < -0.4 is 0 Å². The summed E-state index contributed by atoms with van der Waals surface area (Å²) < 4.78 is 76.4. The Hall–Kier alpha value is -2.50. The van der Waals surface area contributed by atoms with E-state index in [1.54, 1.807) is 12.2 Å².